The molecule has 2 heterocycles. The largest absolute Gasteiger partial charge is 0.462 e. The molecule has 7 nitrogen and oxygen atoms in total. The number of fused-ring (bicyclic) bond motifs is 1. The van der Waals surface area contributed by atoms with Gasteiger partial charge in [-0.3, -0.25) is 14.5 Å². The van der Waals surface area contributed by atoms with Gasteiger partial charge in [0.15, 0.2) is 0 Å². The van der Waals surface area contributed by atoms with Crippen molar-refractivity contribution in [2.75, 3.05) is 13.2 Å². The number of β-lactam (4-membered cyclic amide) rings is 1. The minimum absolute atomic E-state index is 0.0195. The Kier molecular flexibility index (Phi) is 4.92. The molecule has 0 bridgehead atoms. The lowest BCUT2D eigenvalue weighted by Gasteiger charge is -2.44. The van der Waals surface area contributed by atoms with E-state index in [-0.39, 0.29) is 30.2 Å². The summed E-state index contributed by atoms with van der Waals surface area (Å²) in [5.41, 5.74) is 0.0654. The molecule has 8 heteroatoms. The van der Waals surface area contributed by atoms with E-state index < -0.39 is 24.0 Å². The van der Waals surface area contributed by atoms with E-state index >= 15 is 0 Å². The van der Waals surface area contributed by atoms with Gasteiger partial charge in [0.1, 0.15) is 29.7 Å². The van der Waals surface area contributed by atoms with Crippen LogP contribution in [-0.2, 0) is 23.9 Å². The minimum atomic E-state index is -0.675. The van der Waals surface area contributed by atoms with Gasteiger partial charge in [0.2, 0.25) is 5.91 Å². The summed E-state index contributed by atoms with van der Waals surface area (Å²) in [7, 11) is 0. The van der Waals surface area contributed by atoms with Gasteiger partial charge in [-0.05, 0) is 6.92 Å². The van der Waals surface area contributed by atoms with Crippen molar-refractivity contribution >= 4 is 29.6 Å². The second kappa shape index (κ2) is 6.53. The SMILES string of the molecule is C=CCOC(=O)C1=C(CO)S[C@H]2[C@@H]([C@@H](C)OC(C)=O)C(=O)N12. The van der Waals surface area contributed by atoms with Gasteiger partial charge in [0, 0.05) is 11.8 Å². The van der Waals surface area contributed by atoms with Gasteiger partial charge in [-0.25, -0.2) is 4.79 Å². The van der Waals surface area contributed by atoms with Crippen LogP contribution in [0.15, 0.2) is 23.3 Å². The molecule has 120 valence electrons. The molecule has 2 rings (SSSR count). The normalized spacial score (nSPS) is 24.5. The molecule has 0 aromatic rings. The third-order valence-corrected chi connectivity index (χ3v) is 4.73. The number of aliphatic hydroxyl groups excluding tert-OH is 1. The summed E-state index contributed by atoms with van der Waals surface area (Å²) in [4.78, 5) is 37.0. The summed E-state index contributed by atoms with van der Waals surface area (Å²) >= 11 is 1.21. The average Bonchev–Trinajstić information content (AvgIpc) is 2.78. The monoisotopic (exact) mass is 327 g/mol. The summed E-state index contributed by atoms with van der Waals surface area (Å²) in [6, 6.07) is 0. The molecule has 1 fully saturated rings. The van der Waals surface area contributed by atoms with E-state index in [1.54, 1.807) is 6.92 Å². The average molecular weight is 327 g/mol. The molecular weight excluding hydrogens is 310 g/mol. The topological polar surface area (TPSA) is 93.1 Å². The van der Waals surface area contributed by atoms with Crippen molar-refractivity contribution in [3.8, 4) is 0 Å². The zero-order valence-electron chi connectivity index (χ0n) is 12.3. The molecule has 3 atom stereocenters. The maximum absolute atomic E-state index is 12.3. The fourth-order valence-corrected chi connectivity index (χ4v) is 3.94. The fraction of sp³-hybridized carbons (Fsp3) is 0.500. The Hall–Kier alpha value is -1.80. The standard InChI is InChI=1S/C14H17NO6S/c1-4-5-20-14(19)11-9(6-16)22-13-10(12(18)15(11)13)7(2)21-8(3)17/h4,7,10,13,16H,1,5-6H2,2-3H3/t7-,10+,13+/m1/s1. The highest BCUT2D eigenvalue weighted by Gasteiger charge is 2.58. The van der Waals surface area contributed by atoms with Crippen LogP contribution in [0.3, 0.4) is 0 Å². The number of thioether (sulfide) groups is 1. The fourth-order valence-electron chi connectivity index (χ4n) is 2.48. The van der Waals surface area contributed by atoms with Crippen molar-refractivity contribution in [2.24, 2.45) is 5.92 Å². The first kappa shape index (κ1) is 16.6. The Labute approximate surface area is 131 Å². The van der Waals surface area contributed by atoms with E-state index in [9.17, 15) is 19.5 Å². The first-order valence-corrected chi connectivity index (χ1v) is 7.59. The van der Waals surface area contributed by atoms with Gasteiger partial charge in [0.05, 0.1) is 6.61 Å². The lowest BCUT2D eigenvalue weighted by atomic mass is 9.92. The van der Waals surface area contributed by atoms with E-state index in [0.717, 1.165) is 0 Å². The first-order chi connectivity index (χ1) is 10.4. The summed E-state index contributed by atoms with van der Waals surface area (Å²) in [6.07, 6.45) is 0.822. The number of ether oxygens (including phenoxy) is 2. The van der Waals surface area contributed by atoms with Gasteiger partial charge in [-0.2, -0.15) is 0 Å². The maximum atomic E-state index is 12.3. The predicted octanol–water partition coefficient (Wildman–Crippen LogP) is 0.402. The molecule has 0 unspecified atom stereocenters. The van der Waals surface area contributed by atoms with Crippen LogP contribution in [0.2, 0.25) is 0 Å². The highest BCUT2D eigenvalue weighted by Crippen LogP contribution is 2.50. The van der Waals surface area contributed by atoms with Crippen LogP contribution >= 0.6 is 11.8 Å². The molecule has 2 aliphatic rings. The van der Waals surface area contributed by atoms with Crippen LogP contribution in [-0.4, -0.2) is 52.5 Å². The van der Waals surface area contributed by atoms with Gasteiger partial charge in [0.25, 0.3) is 0 Å². The summed E-state index contributed by atoms with van der Waals surface area (Å²) in [6.45, 7) is 6.01. The number of carbonyl (C=O) groups excluding carboxylic acids is 3. The van der Waals surface area contributed by atoms with E-state index in [0.29, 0.717) is 4.91 Å². The zero-order valence-corrected chi connectivity index (χ0v) is 13.1. The Morgan fingerprint density at radius 2 is 2.23 bits per heavy atom. The Morgan fingerprint density at radius 3 is 2.77 bits per heavy atom. The van der Waals surface area contributed by atoms with E-state index in [1.807, 2.05) is 0 Å². The number of amides is 1. The van der Waals surface area contributed by atoms with Crippen LogP contribution in [0.1, 0.15) is 13.8 Å². The molecule has 1 saturated heterocycles. The molecular formula is C14H17NO6S. The van der Waals surface area contributed by atoms with E-state index in [2.05, 4.69) is 6.58 Å². The summed E-state index contributed by atoms with van der Waals surface area (Å²) in [5.74, 6) is -2.01. The molecule has 1 amide bonds. The molecule has 22 heavy (non-hydrogen) atoms. The van der Waals surface area contributed by atoms with Crippen LogP contribution in [0, 0.1) is 5.92 Å². The maximum Gasteiger partial charge on any atom is 0.356 e. The molecule has 1 N–H and O–H groups in total. The van der Waals surface area contributed by atoms with Crippen molar-refractivity contribution in [2.45, 2.75) is 25.3 Å². The quantitative estimate of drug-likeness (QED) is 0.429. The lowest BCUT2D eigenvalue weighted by Crippen LogP contribution is -2.61. The van der Waals surface area contributed by atoms with E-state index in [4.69, 9.17) is 9.47 Å². The van der Waals surface area contributed by atoms with Gasteiger partial charge in [-0.1, -0.05) is 24.4 Å². The molecule has 0 saturated carbocycles. The molecule has 0 radical (unpaired) electrons. The van der Waals surface area contributed by atoms with Gasteiger partial charge < -0.3 is 14.6 Å². The molecule has 0 spiro atoms. The summed E-state index contributed by atoms with van der Waals surface area (Å²) in [5, 5.41) is 9.04. The predicted molar refractivity (Wildman–Crippen MR) is 78.2 cm³/mol. The van der Waals surface area contributed by atoms with Crippen LogP contribution in [0.5, 0.6) is 0 Å². The molecule has 0 aliphatic carbocycles. The number of carbonyl (C=O) groups is 3. The van der Waals surface area contributed by atoms with Crippen LogP contribution < -0.4 is 0 Å². The molecule has 2 aliphatic heterocycles. The van der Waals surface area contributed by atoms with Gasteiger partial charge in [-0.15, -0.1) is 0 Å². The Bertz CT molecular complexity index is 558. The molecule has 0 aromatic carbocycles. The Balaban J connectivity index is 2.15. The van der Waals surface area contributed by atoms with Crippen molar-refractivity contribution in [1.29, 1.82) is 0 Å². The van der Waals surface area contributed by atoms with Crippen molar-refractivity contribution in [1.82, 2.24) is 4.90 Å². The number of hydrogen-bond acceptors (Lipinski definition) is 7. The number of rotatable bonds is 6. The highest BCUT2D eigenvalue weighted by molar-refractivity contribution is 8.04. The van der Waals surface area contributed by atoms with Crippen LogP contribution in [0.25, 0.3) is 0 Å². The number of aliphatic hydroxyl groups is 1. The van der Waals surface area contributed by atoms with E-state index in [1.165, 1.54) is 29.7 Å². The summed E-state index contributed by atoms with van der Waals surface area (Å²) < 4.78 is 10.0. The number of esters is 2. The number of nitrogens with zero attached hydrogens (tertiary/aromatic N) is 1. The van der Waals surface area contributed by atoms with Gasteiger partial charge >= 0.3 is 11.9 Å². The van der Waals surface area contributed by atoms with Crippen molar-refractivity contribution in [3.05, 3.63) is 23.3 Å². The second-order valence-corrected chi connectivity index (χ2v) is 6.09. The third-order valence-electron chi connectivity index (χ3n) is 3.38. The smallest absolute Gasteiger partial charge is 0.356 e. The highest BCUT2D eigenvalue weighted by atomic mass is 32.2. The minimum Gasteiger partial charge on any atom is -0.462 e. The van der Waals surface area contributed by atoms with Crippen molar-refractivity contribution in [3.63, 3.8) is 0 Å². The first-order valence-electron chi connectivity index (χ1n) is 6.71. The van der Waals surface area contributed by atoms with Crippen molar-refractivity contribution < 1.29 is 29.0 Å². The Morgan fingerprint density at radius 1 is 1.55 bits per heavy atom. The second-order valence-electron chi connectivity index (χ2n) is 4.87. The third kappa shape index (κ3) is 2.76. The number of hydrogen-bond donors (Lipinski definition) is 1. The lowest BCUT2D eigenvalue weighted by molar-refractivity contribution is -0.165. The molecule has 0 aromatic heterocycles. The van der Waals surface area contributed by atoms with Crippen LogP contribution in [0.4, 0.5) is 0 Å². The zero-order chi connectivity index (χ0) is 16.4.